The lowest BCUT2D eigenvalue weighted by atomic mass is 9.99. The van der Waals surface area contributed by atoms with Crippen molar-refractivity contribution in [1.82, 2.24) is 5.32 Å². The van der Waals surface area contributed by atoms with Crippen molar-refractivity contribution in [1.29, 1.82) is 0 Å². The minimum absolute atomic E-state index is 0.00974. The van der Waals surface area contributed by atoms with Crippen LogP contribution in [-0.4, -0.2) is 23.5 Å². The van der Waals surface area contributed by atoms with E-state index in [2.05, 4.69) is 11.9 Å². The first-order chi connectivity index (χ1) is 15.0. The van der Waals surface area contributed by atoms with E-state index in [4.69, 9.17) is 28.6 Å². The van der Waals surface area contributed by atoms with Gasteiger partial charge in [-0.1, -0.05) is 54.6 Å². The second kappa shape index (κ2) is 8.71. The predicted molar refractivity (Wildman–Crippen MR) is 127 cm³/mol. The maximum atomic E-state index is 13.3. The maximum absolute atomic E-state index is 13.3. The Hall–Kier alpha value is -3.48. The number of ether oxygens (including phenoxy) is 1. The predicted octanol–water partition coefficient (Wildman–Crippen LogP) is 4.89. The zero-order valence-corrected chi connectivity index (χ0v) is 17.9. The van der Waals surface area contributed by atoms with Gasteiger partial charge in [-0.2, -0.15) is 0 Å². The summed E-state index contributed by atoms with van der Waals surface area (Å²) < 4.78 is 5.79. The number of hydrogen-bond donors (Lipinski definition) is 1. The average molecular weight is 449 g/mol. The third kappa shape index (κ3) is 4.08. The highest BCUT2D eigenvalue weighted by molar-refractivity contribution is 7.80. The quantitative estimate of drug-likeness (QED) is 0.261. The zero-order valence-electron chi connectivity index (χ0n) is 16.3. The SMILES string of the molecule is C=CCOc1ccc2ccccc2c1/C=C1/C(=O)NC(=S)N(c2ccc(Cl)cc2)C1=O. The molecule has 1 aliphatic rings. The molecule has 7 heteroatoms. The molecule has 2 amide bonds. The second-order valence-corrected chi connectivity index (χ2v) is 7.56. The van der Waals surface area contributed by atoms with Gasteiger partial charge < -0.3 is 4.74 Å². The van der Waals surface area contributed by atoms with Crippen molar-refractivity contribution < 1.29 is 14.3 Å². The van der Waals surface area contributed by atoms with Crippen LogP contribution in [0.5, 0.6) is 5.75 Å². The van der Waals surface area contributed by atoms with Gasteiger partial charge in [-0.25, -0.2) is 0 Å². The lowest BCUT2D eigenvalue weighted by molar-refractivity contribution is -0.122. The van der Waals surface area contributed by atoms with Crippen LogP contribution in [0.4, 0.5) is 5.69 Å². The number of anilines is 1. The van der Waals surface area contributed by atoms with Crippen LogP contribution in [0.3, 0.4) is 0 Å². The molecule has 4 rings (SSSR count). The first-order valence-corrected chi connectivity index (χ1v) is 10.2. The van der Waals surface area contributed by atoms with Crippen LogP contribution in [0.1, 0.15) is 5.56 Å². The van der Waals surface area contributed by atoms with Crippen LogP contribution in [0.25, 0.3) is 16.8 Å². The van der Waals surface area contributed by atoms with Crippen molar-refractivity contribution in [3.63, 3.8) is 0 Å². The van der Waals surface area contributed by atoms with Gasteiger partial charge in [0.25, 0.3) is 11.8 Å². The number of benzene rings is 3. The number of fused-ring (bicyclic) bond motifs is 1. The molecule has 1 aliphatic heterocycles. The molecule has 1 N–H and O–H groups in total. The van der Waals surface area contributed by atoms with E-state index in [1.807, 2.05) is 36.4 Å². The molecule has 3 aromatic carbocycles. The molecule has 0 atom stereocenters. The summed E-state index contributed by atoms with van der Waals surface area (Å²) in [5.41, 5.74) is 1.08. The van der Waals surface area contributed by atoms with Gasteiger partial charge >= 0.3 is 0 Å². The highest BCUT2D eigenvalue weighted by Gasteiger charge is 2.34. The Balaban J connectivity index is 1.85. The number of nitrogens with one attached hydrogen (secondary N) is 1. The summed E-state index contributed by atoms with van der Waals surface area (Å²) in [7, 11) is 0. The van der Waals surface area contributed by atoms with E-state index in [-0.39, 0.29) is 17.3 Å². The molecule has 1 heterocycles. The van der Waals surface area contributed by atoms with Gasteiger partial charge in [0.1, 0.15) is 17.9 Å². The molecule has 0 bridgehead atoms. The summed E-state index contributed by atoms with van der Waals surface area (Å²) in [5, 5.41) is 4.93. The number of carbonyl (C=O) groups excluding carboxylic acids is 2. The first-order valence-electron chi connectivity index (χ1n) is 9.42. The van der Waals surface area contributed by atoms with E-state index in [1.54, 1.807) is 36.4 Å². The Morgan fingerprint density at radius 1 is 1.06 bits per heavy atom. The largest absolute Gasteiger partial charge is 0.489 e. The Morgan fingerprint density at radius 3 is 2.55 bits per heavy atom. The fourth-order valence-corrected chi connectivity index (χ4v) is 3.73. The summed E-state index contributed by atoms with van der Waals surface area (Å²) in [5.74, 6) is -0.556. The van der Waals surface area contributed by atoms with Gasteiger partial charge in [0, 0.05) is 10.6 Å². The Bertz CT molecular complexity index is 1250. The number of nitrogens with zero attached hydrogens (tertiary/aromatic N) is 1. The van der Waals surface area contributed by atoms with Crippen LogP contribution in [0, 0.1) is 0 Å². The van der Waals surface area contributed by atoms with Crippen molar-refractivity contribution in [2.75, 3.05) is 11.5 Å². The third-order valence-electron chi connectivity index (χ3n) is 4.76. The number of halogens is 1. The van der Waals surface area contributed by atoms with Crippen LogP contribution in [0.15, 0.2) is 78.9 Å². The van der Waals surface area contributed by atoms with Gasteiger partial charge in [0.15, 0.2) is 5.11 Å². The smallest absolute Gasteiger partial charge is 0.270 e. The number of thiocarbonyl (C=S) groups is 1. The second-order valence-electron chi connectivity index (χ2n) is 6.73. The van der Waals surface area contributed by atoms with Crippen molar-refractivity contribution >= 4 is 63.3 Å². The fourth-order valence-electron chi connectivity index (χ4n) is 3.33. The monoisotopic (exact) mass is 448 g/mol. The van der Waals surface area contributed by atoms with Gasteiger partial charge in [-0.05, 0) is 59.4 Å². The molecule has 31 heavy (non-hydrogen) atoms. The van der Waals surface area contributed by atoms with Gasteiger partial charge in [-0.15, -0.1) is 0 Å². The van der Waals surface area contributed by atoms with Crippen LogP contribution in [0.2, 0.25) is 5.02 Å². The van der Waals surface area contributed by atoms with E-state index in [0.717, 1.165) is 10.8 Å². The Labute approximate surface area is 189 Å². The van der Waals surface area contributed by atoms with E-state index >= 15 is 0 Å². The molecule has 0 aromatic heterocycles. The van der Waals surface area contributed by atoms with Crippen molar-refractivity contribution in [2.24, 2.45) is 0 Å². The highest BCUT2D eigenvalue weighted by Crippen LogP contribution is 2.32. The average Bonchev–Trinajstić information content (AvgIpc) is 2.76. The van der Waals surface area contributed by atoms with Crippen molar-refractivity contribution in [2.45, 2.75) is 0 Å². The van der Waals surface area contributed by atoms with Gasteiger partial charge in [-0.3, -0.25) is 19.8 Å². The molecule has 0 aliphatic carbocycles. The molecule has 0 spiro atoms. The minimum atomic E-state index is -0.567. The maximum Gasteiger partial charge on any atom is 0.270 e. The fraction of sp³-hybridized carbons (Fsp3) is 0.0417. The zero-order chi connectivity index (χ0) is 22.0. The molecule has 0 radical (unpaired) electrons. The normalized spacial score (nSPS) is 15.3. The molecule has 1 saturated heterocycles. The standard InChI is InChI=1S/C24H17ClN2O3S/c1-2-13-30-21-12-7-15-5-3-4-6-18(15)19(21)14-20-22(28)26-24(31)27(23(20)29)17-10-8-16(25)9-11-17/h2-12,14H,1,13H2,(H,26,28,31)/b20-14-. The summed E-state index contributed by atoms with van der Waals surface area (Å²) in [4.78, 5) is 27.3. The highest BCUT2D eigenvalue weighted by atomic mass is 35.5. The van der Waals surface area contributed by atoms with E-state index < -0.39 is 11.8 Å². The molecule has 5 nitrogen and oxygen atoms in total. The Kier molecular flexibility index (Phi) is 5.84. The van der Waals surface area contributed by atoms with Crippen LogP contribution < -0.4 is 15.0 Å². The van der Waals surface area contributed by atoms with Gasteiger partial charge in [0.05, 0.1) is 5.69 Å². The molecule has 0 saturated carbocycles. The molecule has 154 valence electrons. The van der Waals surface area contributed by atoms with Crippen LogP contribution in [-0.2, 0) is 9.59 Å². The van der Waals surface area contributed by atoms with Gasteiger partial charge in [0.2, 0.25) is 0 Å². The van der Waals surface area contributed by atoms with E-state index in [9.17, 15) is 9.59 Å². The number of hydrogen-bond acceptors (Lipinski definition) is 4. The van der Waals surface area contributed by atoms with E-state index in [0.29, 0.717) is 22.0 Å². The molecule has 3 aromatic rings. The molecular weight excluding hydrogens is 432 g/mol. The summed E-state index contributed by atoms with van der Waals surface area (Å²) in [6.45, 7) is 3.96. The topological polar surface area (TPSA) is 58.6 Å². The van der Waals surface area contributed by atoms with Crippen LogP contribution >= 0.6 is 23.8 Å². The minimum Gasteiger partial charge on any atom is -0.489 e. The molecule has 0 unspecified atom stereocenters. The number of amides is 2. The van der Waals surface area contributed by atoms with Crippen molar-refractivity contribution in [3.8, 4) is 5.75 Å². The van der Waals surface area contributed by atoms with Crippen molar-refractivity contribution in [3.05, 3.63) is 89.5 Å². The summed E-state index contributed by atoms with van der Waals surface area (Å²) in [6, 6.07) is 18.0. The molecule has 1 fully saturated rings. The number of carbonyl (C=O) groups is 2. The lowest BCUT2D eigenvalue weighted by Crippen LogP contribution is -2.54. The summed E-state index contributed by atoms with van der Waals surface area (Å²) >= 11 is 11.2. The van der Waals surface area contributed by atoms with E-state index in [1.165, 1.54) is 4.90 Å². The Morgan fingerprint density at radius 2 is 1.81 bits per heavy atom. The molecular formula is C24H17ClN2O3S. The summed E-state index contributed by atoms with van der Waals surface area (Å²) in [6.07, 6.45) is 3.18. The lowest BCUT2D eigenvalue weighted by Gasteiger charge is -2.29. The first kappa shape index (κ1) is 20.8. The third-order valence-corrected chi connectivity index (χ3v) is 5.30. The number of rotatable bonds is 5.